The van der Waals surface area contributed by atoms with Crippen molar-refractivity contribution in [1.29, 1.82) is 0 Å². The minimum absolute atomic E-state index is 0.0534. The van der Waals surface area contributed by atoms with Crippen molar-refractivity contribution in [1.82, 2.24) is 0 Å². The number of ether oxygens (including phenoxy) is 1. The fraction of sp³-hybridized carbons (Fsp3) is 0.0952. The lowest BCUT2D eigenvalue weighted by atomic mass is 10.1. The van der Waals surface area contributed by atoms with Crippen LogP contribution in [0.2, 0.25) is 0 Å². The summed E-state index contributed by atoms with van der Waals surface area (Å²) < 4.78 is 6.71. The number of amides is 1. The van der Waals surface area contributed by atoms with Crippen LogP contribution < -0.4 is 4.90 Å². The van der Waals surface area contributed by atoms with Gasteiger partial charge in [-0.3, -0.25) is 9.69 Å². The zero-order valence-corrected chi connectivity index (χ0v) is 15.0. The first-order valence-electron chi connectivity index (χ1n) is 8.09. The van der Waals surface area contributed by atoms with Crippen LogP contribution in [0.5, 0.6) is 0 Å². The van der Waals surface area contributed by atoms with E-state index < -0.39 is 6.10 Å². The number of para-hydroxylation sites is 2. The molecular weight excluding hydrogens is 378 g/mol. The average Bonchev–Trinajstić information content (AvgIpc) is 3.45. The molecule has 4 rings (SSSR count). The molecule has 3 nitrogen and oxygen atoms in total. The van der Waals surface area contributed by atoms with Crippen molar-refractivity contribution in [3.05, 3.63) is 95.0 Å². The second kappa shape index (κ2) is 6.82. The summed E-state index contributed by atoms with van der Waals surface area (Å²) in [7, 11) is 0. The minimum atomic E-state index is -0.463. The molecule has 0 aliphatic carbocycles. The predicted octanol–water partition coefficient (Wildman–Crippen LogP) is 5.25. The molecule has 0 bridgehead atoms. The summed E-state index contributed by atoms with van der Waals surface area (Å²) in [6.07, 6.45) is -0.658. The van der Waals surface area contributed by atoms with E-state index in [4.69, 9.17) is 4.74 Å². The van der Waals surface area contributed by atoms with E-state index in [9.17, 15) is 4.79 Å². The third-order valence-corrected chi connectivity index (χ3v) is 4.65. The van der Waals surface area contributed by atoms with E-state index in [1.807, 2.05) is 84.9 Å². The summed E-state index contributed by atoms with van der Waals surface area (Å²) in [5.41, 5.74) is 2.68. The monoisotopic (exact) mass is 393 g/mol. The van der Waals surface area contributed by atoms with Crippen molar-refractivity contribution in [3.8, 4) is 0 Å². The van der Waals surface area contributed by atoms with E-state index in [0.717, 1.165) is 21.4 Å². The predicted molar refractivity (Wildman–Crippen MR) is 102 cm³/mol. The zero-order chi connectivity index (χ0) is 17.2. The van der Waals surface area contributed by atoms with E-state index in [-0.39, 0.29) is 12.0 Å². The van der Waals surface area contributed by atoms with Crippen molar-refractivity contribution in [2.24, 2.45) is 0 Å². The van der Waals surface area contributed by atoms with Crippen LogP contribution in [0.3, 0.4) is 0 Å². The Bertz CT molecular complexity index is 843. The Morgan fingerprint density at radius 2 is 1.44 bits per heavy atom. The molecule has 1 fully saturated rings. The first-order chi connectivity index (χ1) is 12.2. The topological polar surface area (TPSA) is 32.8 Å². The largest absolute Gasteiger partial charge is 0.354 e. The standard InChI is InChI=1S/C21H16BrNO2/c22-16-9-7-8-15(14-16)19-20(25-19)21(24)23(17-10-3-1-4-11-17)18-12-5-2-6-13-18/h1-14,19-20H/t19-,20+/m0/s1. The summed E-state index contributed by atoms with van der Waals surface area (Å²) in [6.45, 7) is 0. The van der Waals surface area contributed by atoms with Crippen LogP contribution in [0.4, 0.5) is 11.4 Å². The quantitative estimate of drug-likeness (QED) is 0.566. The van der Waals surface area contributed by atoms with Crippen molar-refractivity contribution in [2.75, 3.05) is 4.90 Å². The van der Waals surface area contributed by atoms with Crippen molar-refractivity contribution < 1.29 is 9.53 Å². The van der Waals surface area contributed by atoms with Gasteiger partial charge in [0.25, 0.3) is 5.91 Å². The molecule has 3 aromatic carbocycles. The number of carbonyl (C=O) groups is 1. The normalized spacial score (nSPS) is 18.6. The zero-order valence-electron chi connectivity index (χ0n) is 13.4. The molecule has 1 amide bonds. The second-order valence-electron chi connectivity index (χ2n) is 5.88. The van der Waals surface area contributed by atoms with Crippen LogP contribution in [0.25, 0.3) is 0 Å². The van der Waals surface area contributed by atoms with Crippen LogP contribution >= 0.6 is 15.9 Å². The highest BCUT2D eigenvalue weighted by Crippen LogP contribution is 2.42. The number of rotatable bonds is 4. The molecule has 0 radical (unpaired) electrons. The molecular formula is C21H16BrNO2. The molecule has 124 valence electrons. The van der Waals surface area contributed by atoms with Crippen LogP contribution in [0.1, 0.15) is 11.7 Å². The van der Waals surface area contributed by atoms with Gasteiger partial charge in [0.1, 0.15) is 6.10 Å². The van der Waals surface area contributed by atoms with Gasteiger partial charge in [-0.1, -0.05) is 64.5 Å². The molecule has 1 aliphatic rings. The van der Waals surface area contributed by atoms with Crippen LogP contribution in [0.15, 0.2) is 89.4 Å². The van der Waals surface area contributed by atoms with Gasteiger partial charge in [-0.2, -0.15) is 0 Å². The third kappa shape index (κ3) is 3.36. The van der Waals surface area contributed by atoms with Crippen LogP contribution in [-0.2, 0) is 9.53 Å². The summed E-state index contributed by atoms with van der Waals surface area (Å²) in [4.78, 5) is 14.9. The van der Waals surface area contributed by atoms with Gasteiger partial charge in [0.15, 0.2) is 6.10 Å². The van der Waals surface area contributed by atoms with E-state index in [1.54, 1.807) is 4.90 Å². The van der Waals surface area contributed by atoms with E-state index >= 15 is 0 Å². The molecule has 0 N–H and O–H groups in total. The number of carbonyl (C=O) groups excluding carboxylic acids is 1. The van der Waals surface area contributed by atoms with Crippen LogP contribution in [0, 0.1) is 0 Å². The number of benzene rings is 3. The number of halogens is 1. The highest BCUT2D eigenvalue weighted by atomic mass is 79.9. The number of anilines is 2. The molecule has 1 heterocycles. The summed E-state index contributed by atoms with van der Waals surface area (Å²) in [5.74, 6) is -0.0534. The lowest BCUT2D eigenvalue weighted by Crippen LogP contribution is -2.30. The molecule has 4 heteroatoms. The molecule has 1 saturated heterocycles. The Morgan fingerprint density at radius 1 is 0.840 bits per heavy atom. The summed E-state index contributed by atoms with van der Waals surface area (Å²) >= 11 is 3.47. The highest BCUT2D eigenvalue weighted by Gasteiger charge is 2.48. The molecule has 0 saturated carbocycles. The minimum Gasteiger partial charge on any atom is -0.354 e. The lowest BCUT2D eigenvalue weighted by Gasteiger charge is -2.22. The Kier molecular flexibility index (Phi) is 4.38. The fourth-order valence-corrected chi connectivity index (χ4v) is 3.34. The molecule has 2 atom stereocenters. The molecule has 0 unspecified atom stereocenters. The summed E-state index contributed by atoms with van der Waals surface area (Å²) in [5, 5.41) is 0. The van der Waals surface area contributed by atoms with Gasteiger partial charge in [-0.25, -0.2) is 0 Å². The molecule has 25 heavy (non-hydrogen) atoms. The molecule has 0 spiro atoms. The Hall–Kier alpha value is -2.43. The molecule has 1 aliphatic heterocycles. The average molecular weight is 394 g/mol. The van der Waals surface area contributed by atoms with Gasteiger partial charge in [0.05, 0.1) is 0 Å². The van der Waals surface area contributed by atoms with Gasteiger partial charge in [-0.15, -0.1) is 0 Å². The SMILES string of the molecule is O=C([C@@H]1O[C@H]1c1cccc(Br)c1)N(c1ccccc1)c1ccccc1. The summed E-state index contributed by atoms with van der Waals surface area (Å²) in [6, 6.07) is 27.2. The van der Waals surface area contributed by atoms with Gasteiger partial charge in [0.2, 0.25) is 0 Å². The van der Waals surface area contributed by atoms with Crippen LogP contribution in [-0.4, -0.2) is 12.0 Å². The Morgan fingerprint density at radius 3 is 2.00 bits per heavy atom. The number of hydrogen-bond donors (Lipinski definition) is 0. The van der Waals surface area contributed by atoms with Crippen molar-refractivity contribution >= 4 is 33.2 Å². The Balaban J connectivity index is 1.64. The number of epoxide rings is 1. The van der Waals surface area contributed by atoms with Crippen molar-refractivity contribution in [2.45, 2.75) is 12.2 Å². The van der Waals surface area contributed by atoms with Gasteiger partial charge >= 0.3 is 0 Å². The maximum atomic E-state index is 13.2. The lowest BCUT2D eigenvalue weighted by molar-refractivity contribution is -0.119. The number of hydrogen-bond acceptors (Lipinski definition) is 2. The van der Waals surface area contributed by atoms with E-state index in [1.165, 1.54) is 0 Å². The maximum Gasteiger partial charge on any atom is 0.263 e. The number of nitrogens with zero attached hydrogens (tertiary/aromatic N) is 1. The van der Waals surface area contributed by atoms with E-state index in [0.29, 0.717) is 0 Å². The molecule has 3 aromatic rings. The fourth-order valence-electron chi connectivity index (χ4n) is 2.92. The Labute approximate surface area is 155 Å². The van der Waals surface area contributed by atoms with Gasteiger partial charge < -0.3 is 4.74 Å². The third-order valence-electron chi connectivity index (χ3n) is 4.16. The van der Waals surface area contributed by atoms with Gasteiger partial charge in [0, 0.05) is 15.8 Å². The van der Waals surface area contributed by atoms with Gasteiger partial charge in [-0.05, 0) is 42.0 Å². The first-order valence-corrected chi connectivity index (χ1v) is 8.88. The van der Waals surface area contributed by atoms with E-state index in [2.05, 4.69) is 15.9 Å². The first kappa shape index (κ1) is 16.1. The highest BCUT2D eigenvalue weighted by molar-refractivity contribution is 9.10. The second-order valence-corrected chi connectivity index (χ2v) is 6.79. The maximum absolute atomic E-state index is 13.2. The molecule has 0 aromatic heterocycles. The smallest absolute Gasteiger partial charge is 0.263 e. The van der Waals surface area contributed by atoms with Crippen molar-refractivity contribution in [3.63, 3.8) is 0 Å².